The highest BCUT2D eigenvalue weighted by Crippen LogP contribution is 2.17. The lowest BCUT2D eigenvalue weighted by Gasteiger charge is -2.18. The van der Waals surface area contributed by atoms with E-state index in [1.165, 1.54) is 28.6 Å². The molecule has 0 saturated heterocycles. The molecule has 2 aromatic rings. The topological polar surface area (TPSA) is 95.6 Å². The molecular formula is C20H25N3O4S. The first-order valence-electron chi connectivity index (χ1n) is 9.02. The van der Waals surface area contributed by atoms with Gasteiger partial charge in [-0.3, -0.25) is 9.59 Å². The molecule has 0 aliphatic carbocycles. The van der Waals surface area contributed by atoms with E-state index in [9.17, 15) is 18.0 Å². The summed E-state index contributed by atoms with van der Waals surface area (Å²) in [5, 5.41) is 5.31. The molecule has 0 aromatic heterocycles. The fraction of sp³-hybridized carbons (Fsp3) is 0.300. The molecule has 8 heteroatoms. The number of rotatable bonds is 8. The number of amides is 2. The second kappa shape index (κ2) is 9.48. The lowest BCUT2D eigenvalue weighted by Crippen LogP contribution is -2.30. The highest BCUT2D eigenvalue weighted by atomic mass is 32.2. The van der Waals surface area contributed by atoms with Gasteiger partial charge in [0.25, 0.3) is 5.91 Å². The smallest absolute Gasteiger partial charge is 0.255 e. The molecule has 0 aliphatic heterocycles. The maximum absolute atomic E-state index is 12.5. The van der Waals surface area contributed by atoms with Crippen LogP contribution in [0.5, 0.6) is 0 Å². The van der Waals surface area contributed by atoms with Crippen LogP contribution in [0.4, 0.5) is 5.69 Å². The van der Waals surface area contributed by atoms with Crippen LogP contribution in [0, 0.1) is 0 Å². The van der Waals surface area contributed by atoms with Crippen LogP contribution in [-0.4, -0.2) is 44.7 Å². The van der Waals surface area contributed by atoms with Crippen LogP contribution in [0.15, 0.2) is 53.4 Å². The minimum Gasteiger partial charge on any atom is -0.359 e. The van der Waals surface area contributed by atoms with E-state index in [1.807, 2.05) is 0 Å². The number of carbonyl (C=O) groups is 2. The van der Waals surface area contributed by atoms with Crippen LogP contribution in [-0.2, 0) is 21.2 Å². The van der Waals surface area contributed by atoms with Gasteiger partial charge >= 0.3 is 0 Å². The molecule has 0 radical (unpaired) electrons. The summed E-state index contributed by atoms with van der Waals surface area (Å²) in [6.45, 7) is 4.33. The SMILES string of the molecule is CCN(CC)S(=O)(=O)c1ccc(C(=O)Nc2ccc(CC(=O)NC)cc2)cc1. The molecule has 0 saturated carbocycles. The number of nitrogens with one attached hydrogen (secondary N) is 2. The van der Waals surface area contributed by atoms with Gasteiger partial charge in [-0.1, -0.05) is 26.0 Å². The Labute approximate surface area is 165 Å². The van der Waals surface area contributed by atoms with Crippen molar-refractivity contribution in [3.63, 3.8) is 0 Å². The molecule has 2 amide bonds. The van der Waals surface area contributed by atoms with Crippen molar-refractivity contribution >= 4 is 27.5 Å². The summed E-state index contributed by atoms with van der Waals surface area (Å²) in [5.41, 5.74) is 1.78. The molecule has 2 N–H and O–H groups in total. The molecule has 2 rings (SSSR count). The first kappa shape index (κ1) is 21.6. The predicted octanol–water partition coefficient (Wildman–Crippen LogP) is 2.26. The van der Waals surface area contributed by atoms with E-state index >= 15 is 0 Å². The summed E-state index contributed by atoms with van der Waals surface area (Å²) in [4.78, 5) is 23.9. The summed E-state index contributed by atoms with van der Waals surface area (Å²) in [7, 11) is -1.97. The number of likely N-dealkylation sites (N-methyl/N-ethyl adjacent to an activating group) is 1. The molecule has 0 atom stereocenters. The maximum Gasteiger partial charge on any atom is 0.255 e. The van der Waals surface area contributed by atoms with Crippen LogP contribution in [0.1, 0.15) is 29.8 Å². The first-order chi connectivity index (χ1) is 13.3. The Morgan fingerprint density at radius 3 is 2.00 bits per heavy atom. The third-order valence-corrected chi connectivity index (χ3v) is 6.38. The monoisotopic (exact) mass is 403 g/mol. The Balaban J connectivity index is 2.08. The van der Waals surface area contributed by atoms with Gasteiger partial charge in [0.2, 0.25) is 15.9 Å². The molecule has 0 aliphatic rings. The first-order valence-corrected chi connectivity index (χ1v) is 10.5. The number of anilines is 1. The van der Waals surface area contributed by atoms with E-state index in [0.717, 1.165) is 5.56 Å². The lowest BCUT2D eigenvalue weighted by molar-refractivity contribution is -0.119. The maximum atomic E-state index is 12.5. The van der Waals surface area contributed by atoms with E-state index < -0.39 is 10.0 Å². The lowest BCUT2D eigenvalue weighted by atomic mass is 10.1. The van der Waals surface area contributed by atoms with E-state index in [2.05, 4.69) is 10.6 Å². The normalized spacial score (nSPS) is 11.3. The molecular weight excluding hydrogens is 378 g/mol. The second-order valence-corrected chi connectivity index (χ2v) is 8.05. The van der Waals surface area contributed by atoms with Gasteiger partial charge in [-0.15, -0.1) is 0 Å². The Morgan fingerprint density at radius 2 is 1.50 bits per heavy atom. The molecule has 150 valence electrons. The quantitative estimate of drug-likeness (QED) is 0.707. The largest absolute Gasteiger partial charge is 0.359 e. The molecule has 7 nitrogen and oxygen atoms in total. The van der Waals surface area contributed by atoms with Crippen LogP contribution in [0.25, 0.3) is 0 Å². The summed E-state index contributed by atoms with van der Waals surface area (Å²) in [6.07, 6.45) is 0.271. The number of sulfonamides is 1. The number of hydrogen-bond acceptors (Lipinski definition) is 4. The molecule has 0 spiro atoms. The van der Waals surface area contributed by atoms with Crippen molar-refractivity contribution in [1.82, 2.24) is 9.62 Å². The van der Waals surface area contributed by atoms with Gasteiger partial charge in [-0.25, -0.2) is 8.42 Å². The second-order valence-electron chi connectivity index (χ2n) is 6.11. The van der Waals surface area contributed by atoms with Gasteiger partial charge < -0.3 is 10.6 Å². The fourth-order valence-corrected chi connectivity index (χ4v) is 4.13. The number of hydrogen-bond donors (Lipinski definition) is 2. The van der Waals surface area contributed by atoms with E-state index in [-0.39, 0.29) is 23.1 Å². The minimum absolute atomic E-state index is 0.0865. The van der Waals surface area contributed by atoms with Crippen molar-refractivity contribution in [2.45, 2.75) is 25.2 Å². The van der Waals surface area contributed by atoms with Crippen molar-refractivity contribution in [1.29, 1.82) is 0 Å². The van der Waals surface area contributed by atoms with E-state index in [4.69, 9.17) is 0 Å². The number of benzene rings is 2. The Morgan fingerprint density at radius 1 is 0.929 bits per heavy atom. The van der Waals surface area contributed by atoms with Crippen LogP contribution < -0.4 is 10.6 Å². The summed E-state index contributed by atoms with van der Waals surface area (Å²) in [5.74, 6) is -0.428. The fourth-order valence-electron chi connectivity index (χ4n) is 2.67. The molecule has 0 fully saturated rings. The predicted molar refractivity (Wildman–Crippen MR) is 109 cm³/mol. The van der Waals surface area contributed by atoms with Crippen molar-refractivity contribution in [3.8, 4) is 0 Å². The zero-order valence-electron chi connectivity index (χ0n) is 16.2. The zero-order valence-corrected chi connectivity index (χ0v) is 17.0. The van der Waals surface area contributed by atoms with Crippen molar-refractivity contribution in [3.05, 3.63) is 59.7 Å². The Kier molecular flexibility index (Phi) is 7.31. The Hall–Kier alpha value is -2.71. The van der Waals surface area contributed by atoms with E-state index in [1.54, 1.807) is 45.2 Å². The highest BCUT2D eigenvalue weighted by molar-refractivity contribution is 7.89. The molecule has 0 heterocycles. The Bertz CT molecular complexity index is 919. The van der Waals surface area contributed by atoms with Crippen molar-refractivity contribution < 1.29 is 18.0 Å². The highest BCUT2D eigenvalue weighted by Gasteiger charge is 2.21. The van der Waals surface area contributed by atoms with Crippen LogP contribution >= 0.6 is 0 Å². The number of carbonyl (C=O) groups excluding carboxylic acids is 2. The minimum atomic E-state index is -3.55. The summed E-state index contributed by atoms with van der Waals surface area (Å²) >= 11 is 0. The van der Waals surface area contributed by atoms with Crippen molar-refractivity contribution in [2.24, 2.45) is 0 Å². The van der Waals surface area contributed by atoms with Gasteiger partial charge in [0, 0.05) is 31.4 Å². The summed E-state index contributed by atoms with van der Waals surface area (Å²) < 4.78 is 26.4. The van der Waals surface area contributed by atoms with Gasteiger partial charge in [-0.05, 0) is 42.0 Å². The third kappa shape index (κ3) is 5.17. The zero-order chi connectivity index (χ0) is 20.7. The van der Waals surface area contributed by atoms with Crippen LogP contribution in [0.2, 0.25) is 0 Å². The van der Waals surface area contributed by atoms with Gasteiger partial charge in [-0.2, -0.15) is 4.31 Å². The molecule has 2 aromatic carbocycles. The van der Waals surface area contributed by atoms with Gasteiger partial charge in [0.15, 0.2) is 0 Å². The molecule has 28 heavy (non-hydrogen) atoms. The third-order valence-electron chi connectivity index (χ3n) is 4.32. The van der Waals surface area contributed by atoms with E-state index in [0.29, 0.717) is 24.3 Å². The average molecular weight is 404 g/mol. The summed E-state index contributed by atoms with van der Waals surface area (Å²) in [6, 6.07) is 12.8. The van der Waals surface area contributed by atoms with Crippen molar-refractivity contribution in [2.75, 3.05) is 25.5 Å². The molecule has 0 bridgehead atoms. The van der Waals surface area contributed by atoms with Gasteiger partial charge in [0.05, 0.1) is 11.3 Å². The standard InChI is InChI=1S/C20H25N3O4S/c1-4-23(5-2)28(26,27)18-12-8-16(9-13-18)20(25)22-17-10-6-15(7-11-17)14-19(24)21-3/h6-13H,4-5,14H2,1-3H3,(H,21,24)(H,22,25). The number of nitrogens with zero attached hydrogens (tertiary/aromatic N) is 1. The van der Waals surface area contributed by atoms with Gasteiger partial charge in [0.1, 0.15) is 0 Å². The van der Waals surface area contributed by atoms with Crippen LogP contribution in [0.3, 0.4) is 0 Å². The average Bonchev–Trinajstić information content (AvgIpc) is 2.70. The molecule has 0 unspecified atom stereocenters.